The molecule has 86 valence electrons. The Labute approximate surface area is 107 Å². The lowest BCUT2D eigenvalue weighted by atomic mass is 10.3. The Hall–Kier alpha value is -1.46. The summed E-state index contributed by atoms with van der Waals surface area (Å²) in [6.07, 6.45) is 1.80. The van der Waals surface area contributed by atoms with Crippen LogP contribution in [0.5, 0.6) is 0 Å². The fourth-order valence-electron chi connectivity index (χ4n) is 1.67. The second-order valence-corrected chi connectivity index (χ2v) is 5.50. The number of hydrogen-bond acceptors (Lipinski definition) is 5. The highest BCUT2D eigenvalue weighted by Gasteiger charge is 2.07. The summed E-state index contributed by atoms with van der Waals surface area (Å²) in [7, 11) is 0. The molecule has 3 aromatic rings. The summed E-state index contributed by atoms with van der Waals surface area (Å²) < 4.78 is 1.19. The molecule has 17 heavy (non-hydrogen) atoms. The van der Waals surface area contributed by atoms with Crippen molar-refractivity contribution >= 4 is 38.6 Å². The van der Waals surface area contributed by atoms with E-state index in [1.165, 1.54) is 15.8 Å². The van der Waals surface area contributed by atoms with E-state index in [9.17, 15) is 0 Å². The highest BCUT2D eigenvalue weighted by molar-refractivity contribution is 7.18. The second-order valence-electron chi connectivity index (χ2n) is 3.84. The SMILES string of the molecule is Cc1csc2c(NCc3ccsc3)cnnc12. The minimum Gasteiger partial charge on any atom is -0.378 e. The van der Waals surface area contributed by atoms with Gasteiger partial charge in [-0.2, -0.15) is 16.4 Å². The molecule has 0 aliphatic rings. The second kappa shape index (κ2) is 4.43. The molecular weight excluding hydrogens is 250 g/mol. The van der Waals surface area contributed by atoms with Crippen LogP contribution in [0.2, 0.25) is 0 Å². The van der Waals surface area contributed by atoms with Crippen LogP contribution in [0.4, 0.5) is 5.69 Å². The molecule has 3 heterocycles. The van der Waals surface area contributed by atoms with Crippen LogP contribution in [0.1, 0.15) is 11.1 Å². The van der Waals surface area contributed by atoms with E-state index >= 15 is 0 Å². The van der Waals surface area contributed by atoms with Crippen LogP contribution in [0.15, 0.2) is 28.4 Å². The highest BCUT2D eigenvalue weighted by atomic mass is 32.1. The first kappa shape index (κ1) is 10.7. The third-order valence-corrected chi connectivity index (χ3v) is 4.45. The summed E-state index contributed by atoms with van der Waals surface area (Å²) >= 11 is 3.43. The molecule has 0 fully saturated rings. The van der Waals surface area contributed by atoms with Gasteiger partial charge in [-0.05, 0) is 40.3 Å². The molecule has 0 radical (unpaired) electrons. The van der Waals surface area contributed by atoms with Gasteiger partial charge in [0.15, 0.2) is 0 Å². The maximum absolute atomic E-state index is 4.17. The van der Waals surface area contributed by atoms with Gasteiger partial charge in [-0.25, -0.2) is 0 Å². The first-order chi connectivity index (χ1) is 8.34. The number of nitrogens with zero attached hydrogens (tertiary/aromatic N) is 2. The summed E-state index contributed by atoms with van der Waals surface area (Å²) in [6, 6.07) is 2.13. The van der Waals surface area contributed by atoms with Crippen LogP contribution in [0, 0.1) is 6.92 Å². The molecular formula is C12H11N3S2. The summed E-state index contributed by atoms with van der Waals surface area (Å²) in [5.41, 5.74) is 4.56. The quantitative estimate of drug-likeness (QED) is 0.781. The molecule has 0 spiro atoms. The van der Waals surface area contributed by atoms with Crippen molar-refractivity contribution in [2.45, 2.75) is 13.5 Å². The zero-order valence-corrected chi connectivity index (χ0v) is 10.9. The number of aryl methyl sites for hydroxylation is 1. The van der Waals surface area contributed by atoms with E-state index in [-0.39, 0.29) is 0 Å². The Morgan fingerprint density at radius 3 is 3.12 bits per heavy atom. The highest BCUT2D eigenvalue weighted by Crippen LogP contribution is 2.29. The molecule has 0 bridgehead atoms. The third kappa shape index (κ3) is 2.03. The summed E-state index contributed by atoms with van der Waals surface area (Å²) in [6.45, 7) is 2.90. The lowest BCUT2D eigenvalue weighted by molar-refractivity contribution is 1.06. The van der Waals surface area contributed by atoms with E-state index in [2.05, 4.69) is 44.6 Å². The van der Waals surface area contributed by atoms with Crippen molar-refractivity contribution < 1.29 is 0 Å². The van der Waals surface area contributed by atoms with Gasteiger partial charge < -0.3 is 5.32 Å². The van der Waals surface area contributed by atoms with Crippen LogP contribution in [-0.2, 0) is 6.54 Å². The van der Waals surface area contributed by atoms with Gasteiger partial charge in [0, 0.05) is 6.54 Å². The topological polar surface area (TPSA) is 37.8 Å². The molecule has 3 aromatic heterocycles. The van der Waals surface area contributed by atoms with Gasteiger partial charge in [0.2, 0.25) is 0 Å². The van der Waals surface area contributed by atoms with Crippen LogP contribution in [0.25, 0.3) is 10.2 Å². The molecule has 0 aliphatic carbocycles. The summed E-state index contributed by atoms with van der Waals surface area (Å²) in [5.74, 6) is 0. The van der Waals surface area contributed by atoms with Gasteiger partial charge in [0.05, 0.1) is 16.6 Å². The van der Waals surface area contributed by atoms with E-state index < -0.39 is 0 Å². The predicted molar refractivity (Wildman–Crippen MR) is 73.8 cm³/mol. The van der Waals surface area contributed by atoms with Crippen LogP contribution in [-0.4, -0.2) is 10.2 Å². The van der Waals surface area contributed by atoms with Gasteiger partial charge >= 0.3 is 0 Å². The van der Waals surface area contributed by atoms with E-state index in [1.807, 2.05) is 0 Å². The maximum Gasteiger partial charge on any atom is 0.109 e. The molecule has 0 saturated carbocycles. The number of fused-ring (bicyclic) bond motifs is 1. The largest absolute Gasteiger partial charge is 0.378 e. The van der Waals surface area contributed by atoms with Crippen molar-refractivity contribution in [3.63, 3.8) is 0 Å². The molecule has 1 N–H and O–H groups in total. The Morgan fingerprint density at radius 1 is 1.35 bits per heavy atom. The van der Waals surface area contributed by atoms with E-state index in [1.54, 1.807) is 28.9 Å². The molecule has 0 unspecified atom stereocenters. The molecule has 5 heteroatoms. The van der Waals surface area contributed by atoms with E-state index in [0.29, 0.717) is 0 Å². The first-order valence-corrected chi connectivity index (χ1v) is 7.11. The summed E-state index contributed by atoms with van der Waals surface area (Å²) in [5, 5.41) is 18.0. The molecule has 3 nitrogen and oxygen atoms in total. The molecule has 3 rings (SSSR count). The fraction of sp³-hybridized carbons (Fsp3) is 0.167. The monoisotopic (exact) mass is 261 g/mol. The van der Waals surface area contributed by atoms with Crippen molar-refractivity contribution in [2.75, 3.05) is 5.32 Å². The average molecular weight is 261 g/mol. The molecule has 0 amide bonds. The maximum atomic E-state index is 4.17. The number of thiophene rings is 2. The number of rotatable bonds is 3. The smallest absolute Gasteiger partial charge is 0.109 e. The minimum atomic E-state index is 0.835. The Balaban J connectivity index is 1.90. The number of nitrogens with one attached hydrogen (secondary N) is 1. The standard InChI is InChI=1S/C12H11N3S2/c1-8-6-17-12-10(5-14-15-11(8)12)13-4-9-2-3-16-7-9/h2-3,5-7H,4H2,1H3,(H,13,15). The minimum absolute atomic E-state index is 0.835. The Kier molecular flexibility index (Phi) is 2.78. The van der Waals surface area contributed by atoms with E-state index in [0.717, 1.165) is 17.7 Å². The Morgan fingerprint density at radius 2 is 2.29 bits per heavy atom. The number of aromatic nitrogens is 2. The van der Waals surface area contributed by atoms with Crippen molar-refractivity contribution in [1.29, 1.82) is 0 Å². The van der Waals surface area contributed by atoms with Gasteiger partial charge in [0.1, 0.15) is 5.52 Å². The molecule has 0 aliphatic heterocycles. The normalized spacial score (nSPS) is 10.9. The lowest BCUT2D eigenvalue weighted by Gasteiger charge is -2.05. The predicted octanol–water partition coefficient (Wildman–Crippen LogP) is 3.67. The third-order valence-electron chi connectivity index (χ3n) is 2.59. The van der Waals surface area contributed by atoms with E-state index in [4.69, 9.17) is 0 Å². The molecule has 0 atom stereocenters. The molecule has 0 saturated heterocycles. The van der Waals surface area contributed by atoms with Crippen molar-refractivity contribution in [1.82, 2.24) is 10.2 Å². The van der Waals surface area contributed by atoms with Crippen LogP contribution < -0.4 is 5.32 Å². The number of anilines is 1. The summed E-state index contributed by atoms with van der Waals surface area (Å²) in [4.78, 5) is 0. The zero-order chi connectivity index (χ0) is 11.7. The van der Waals surface area contributed by atoms with Gasteiger partial charge in [0.25, 0.3) is 0 Å². The first-order valence-electron chi connectivity index (χ1n) is 5.29. The van der Waals surface area contributed by atoms with Crippen LogP contribution in [0.3, 0.4) is 0 Å². The van der Waals surface area contributed by atoms with Gasteiger partial charge in [-0.3, -0.25) is 0 Å². The van der Waals surface area contributed by atoms with Crippen molar-refractivity contribution in [2.24, 2.45) is 0 Å². The van der Waals surface area contributed by atoms with Gasteiger partial charge in [-0.15, -0.1) is 16.4 Å². The van der Waals surface area contributed by atoms with Crippen molar-refractivity contribution in [3.8, 4) is 0 Å². The van der Waals surface area contributed by atoms with Crippen molar-refractivity contribution in [3.05, 3.63) is 39.5 Å². The van der Waals surface area contributed by atoms with Crippen LogP contribution >= 0.6 is 22.7 Å². The fourth-order valence-corrected chi connectivity index (χ4v) is 3.31. The zero-order valence-electron chi connectivity index (χ0n) is 9.30. The Bertz CT molecular complexity index is 628. The van der Waals surface area contributed by atoms with Gasteiger partial charge in [-0.1, -0.05) is 0 Å². The lowest BCUT2D eigenvalue weighted by Crippen LogP contribution is -1.99. The number of hydrogen-bond donors (Lipinski definition) is 1. The average Bonchev–Trinajstić information content (AvgIpc) is 2.97. The molecule has 0 aromatic carbocycles.